The van der Waals surface area contributed by atoms with Crippen molar-refractivity contribution in [1.29, 1.82) is 0 Å². The van der Waals surface area contributed by atoms with E-state index in [9.17, 15) is 18.8 Å². The minimum atomic E-state index is -0.447. The molecule has 3 aromatic carbocycles. The van der Waals surface area contributed by atoms with Gasteiger partial charge in [0, 0.05) is 66.3 Å². The molecule has 2 bridgehead atoms. The van der Waals surface area contributed by atoms with Crippen molar-refractivity contribution in [2.24, 2.45) is 5.92 Å². The van der Waals surface area contributed by atoms with E-state index < -0.39 is 17.6 Å². The van der Waals surface area contributed by atoms with E-state index in [-0.39, 0.29) is 23.0 Å². The van der Waals surface area contributed by atoms with Crippen LogP contribution in [-0.2, 0) is 6.54 Å². The number of ether oxygens (including phenoxy) is 3. The van der Waals surface area contributed by atoms with Gasteiger partial charge in [-0.15, -0.1) is 0 Å². The summed E-state index contributed by atoms with van der Waals surface area (Å²) in [5.41, 5.74) is 3.19. The van der Waals surface area contributed by atoms with Gasteiger partial charge in [0.2, 0.25) is 5.75 Å². The Morgan fingerprint density at radius 2 is 1.49 bits per heavy atom. The highest BCUT2D eigenvalue weighted by molar-refractivity contribution is 6.09. The second-order valence-corrected chi connectivity index (χ2v) is 11.2. The molecule has 2 amide bonds. The highest BCUT2D eigenvalue weighted by atomic mass is 19.1. The van der Waals surface area contributed by atoms with Gasteiger partial charge in [0.15, 0.2) is 11.5 Å². The number of benzene rings is 3. The summed E-state index contributed by atoms with van der Waals surface area (Å²) < 4.78 is 31.6. The Kier molecular flexibility index (Phi) is 8.16. The number of anilines is 3. The van der Waals surface area contributed by atoms with Crippen molar-refractivity contribution < 1.29 is 28.2 Å². The van der Waals surface area contributed by atoms with Gasteiger partial charge in [-0.05, 0) is 60.9 Å². The number of hydrogen-bond acceptors (Lipinski definition) is 7. The van der Waals surface area contributed by atoms with Crippen LogP contribution in [0.2, 0.25) is 0 Å². The minimum Gasteiger partial charge on any atom is -0.493 e. The SMILES string of the molecule is COc1cc(NC(=O)c2ccc(N3C[C@H]4C[C@@H](C3)c3cccc(=O)n3C4)c(NC(=O)c3ccc(F)cc3)c2)cc(OC)c1OC. The highest BCUT2D eigenvalue weighted by Crippen LogP contribution is 2.41. The molecule has 0 aliphatic carbocycles. The fourth-order valence-corrected chi connectivity index (χ4v) is 6.30. The molecular weight excluding hydrogens is 579 g/mol. The first-order valence-electron chi connectivity index (χ1n) is 14.5. The maximum Gasteiger partial charge on any atom is 0.255 e. The molecule has 0 saturated carbocycles. The molecule has 2 N–H and O–H groups in total. The number of carbonyl (C=O) groups is 2. The van der Waals surface area contributed by atoms with E-state index in [4.69, 9.17) is 14.2 Å². The quantitative estimate of drug-likeness (QED) is 0.284. The van der Waals surface area contributed by atoms with Crippen LogP contribution < -0.4 is 35.3 Å². The Balaban J connectivity index is 1.33. The van der Waals surface area contributed by atoms with Crippen molar-refractivity contribution in [3.05, 3.63) is 106 Å². The zero-order chi connectivity index (χ0) is 31.7. The van der Waals surface area contributed by atoms with Gasteiger partial charge >= 0.3 is 0 Å². The Morgan fingerprint density at radius 1 is 0.800 bits per heavy atom. The van der Waals surface area contributed by atoms with Gasteiger partial charge in [-0.3, -0.25) is 14.4 Å². The molecule has 3 heterocycles. The maximum atomic E-state index is 13.6. The second-order valence-electron chi connectivity index (χ2n) is 11.2. The van der Waals surface area contributed by atoms with Crippen LogP contribution in [-0.4, -0.2) is 50.8 Å². The molecule has 2 atom stereocenters. The number of rotatable bonds is 8. The summed E-state index contributed by atoms with van der Waals surface area (Å²) in [6.45, 7) is 1.93. The fourth-order valence-electron chi connectivity index (χ4n) is 6.30. The molecule has 10 nitrogen and oxygen atoms in total. The normalized spacial score (nSPS) is 16.8. The molecule has 232 valence electrons. The van der Waals surface area contributed by atoms with Crippen molar-refractivity contribution in [2.75, 3.05) is 50.0 Å². The van der Waals surface area contributed by atoms with E-state index in [1.54, 1.807) is 36.4 Å². The van der Waals surface area contributed by atoms with Gasteiger partial charge in [0.1, 0.15) is 5.82 Å². The zero-order valence-corrected chi connectivity index (χ0v) is 25.1. The third-order valence-corrected chi connectivity index (χ3v) is 8.36. The number of methoxy groups -OCH3 is 3. The lowest BCUT2D eigenvalue weighted by molar-refractivity contribution is 0.101. The summed E-state index contributed by atoms with van der Waals surface area (Å²) in [6.07, 6.45) is 0.965. The lowest BCUT2D eigenvalue weighted by Crippen LogP contribution is -2.47. The summed E-state index contributed by atoms with van der Waals surface area (Å²) in [5, 5.41) is 5.82. The minimum absolute atomic E-state index is 0.00497. The first-order chi connectivity index (χ1) is 21.8. The molecule has 1 saturated heterocycles. The molecule has 1 fully saturated rings. The van der Waals surface area contributed by atoms with Gasteiger partial charge in [0.05, 0.1) is 32.7 Å². The lowest BCUT2D eigenvalue weighted by Gasteiger charge is -2.44. The monoisotopic (exact) mass is 612 g/mol. The van der Waals surface area contributed by atoms with Gasteiger partial charge in [-0.1, -0.05) is 6.07 Å². The van der Waals surface area contributed by atoms with Crippen molar-refractivity contribution >= 4 is 28.9 Å². The zero-order valence-electron chi connectivity index (χ0n) is 25.1. The molecule has 6 rings (SSSR count). The van der Waals surface area contributed by atoms with Crippen molar-refractivity contribution in [3.63, 3.8) is 0 Å². The standard InChI is InChI=1S/C34H33FN4O6/c1-43-29-15-25(16-30(44-2)32(29)45-3)36-34(42)22-9-12-28(26(14-22)37-33(41)21-7-10-24(35)11-8-21)38-17-20-13-23(19-38)27-5-4-6-31(40)39(27)18-20/h4-12,14-16,20,23H,13,17-19H2,1-3H3,(H,36,42)(H,37,41)/t20-,23+/m1/s1. The summed E-state index contributed by atoms with van der Waals surface area (Å²) in [5.74, 6) is 0.229. The average molecular weight is 613 g/mol. The Hall–Kier alpha value is -5.32. The number of nitrogens with one attached hydrogen (secondary N) is 2. The predicted molar refractivity (Wildman–Crippen MR) is 169 cm³/mol. The predicted octanol–water partition coefficient (Wildman–Crippen LogP) is 5.14. The summed E-state index contributed by atoms with van der Waals surface area (Å²) >= 11 is 0. The Morgan fingerprint density at radius 3 is 2.18 bits per heavy atom. The molecular formula is C34H33FN4O6. The molecule has 11 heteroatoms. The Bertz CT molecular complexity index is 1800. The van der Waals surface area contributed by atoms with Crippen LogP contribution >= 0.6 is 0 Å². The maximum absolute atomic E-state index is 13.6. The van der Waals surface area contributed by atoms with Crippen LogP contribution in [0.15, 0.2) is 77.6 Å². The first kappa shape index (κ1) is 29.7. The lowest BCUT2D eigenvalue weighted by atomic mass is 9.83. The largest absolute Gasteiger partial charge is 0.493 e. The average Bonchev–Trinajstić information content (AvgIpc) is 3.04. The van der Waals surface area contributed by atoms with E-state index in [0.29, 0.717) is 53.8 Å². The third-order valence-electron chi connectivity index (χ3n) is 8.36. The van der Waals surface area contributed by atoms with Gasteiger partial charge in [0.25, 0.3) is 17.4 Å². The molecule has 45 heavy (non-hydrogen) atoms. The number of hydrogen-bond donors (Lipinski definition) is 2. The van der Waals surface area contributed by atoms with Crippen LogP contribution in [0, 0.1) is 11.7 Å². The first-order valence-corrected chi connectivity index (χ1v) is 14.5. The van der Waals surface area contributed by atoms with Gasteiger partial charge in [-0.25, -0.2) is 4.39 Å². The Labute approximate surface area is 259 Å². The number of pyridine rings is 1. The molecule has 4 aromatic rings. The van der Waals surface area contributed by atoms with Crippen LogP contribution in [0.4, 0.5) is 21.5 Å². The molecule has 2 aliphatic rings. The van der Waals surface area contributed by atoms with Crippen molar-refractivity contribution in [3.8, 4) is 17.2 Å². The van der Waals surface area contributed by atoms with E-state index in [2.05, 4.69) is 15.5 Å². The van der Waals surface area contributed by atoms with E-state index >= 15 is 0 Å². The van der Waals surface area contributed by atoms with Crippen LogP contribution in [0.5, 0.6) is 17.2 Å². The van der Waals surface area contributed by atoms with Crippen LogP contribution in [0.25, 0.3) is 0 Å². The number of fused-ring (bicyclic) bond motifs is 4. The number of piperidine rings is 1. The number of nitrogens with zero attached hydrogens (tertiary/aromatic N) is 2. The second kappa shape index (κ2) is 12.4. The molecule has 0 unspecified atom stereocenters. The van der Waals surface area contributed by atoms with E-state index in [0.717, 1.165) is 17.8 Å². The number of aromatic nitrogens is 1. The van der Waals surface area contributed by atoms with E-state index in [1.807, 2.05) is 16.7 Å². The molecule has 1 aromatic heterocycles. The topological polar surface area (TPSA) is 111 Å². The number of halogens is 1. The van der Waals surface area contributed by atoms with Crippen LogP contribution in [0.3, 0.4) is 0 Å². The van der Waals surface area contributed by atoms with E-state index in [1.165, 1.54) is 45.6 Å². The van der Waals surface area contributed by atoms with Gasteiger partial charge in [-0.2, -0.15) is 0 Å². The van der Waals surface area contributed by atoms with Gasteiger partial charge < -0.3 is 34.3 Å². The smallest absolute Gasteiger partial charge is 0.255 e. The number of amides is 2. The summed E-state index contributed by atoms with van der Waals surface area (Å²) in [6, 6.07) is 19.1. The molecule has 2 aliphatic heterocycles. The van der Waals surface area contributed by atoms with Crippen molar-refractivity contribution in [2.45, 2.75) is 18.9 Å². The van der Waals surface area contributed by atoms with Crippen molar-refractivity contribution in [1.82, 2.24) is 4.57 Å². The third kappa shape index (κ3) is 5.93. The van der Waals surface area contributed by atoms with Crippen LogP contribution in [0.1, 0.15) is 38.7 Å². The summed E-state index contributed by atoms with van der Waals surface area (Å²) in [7, 11) is 4.48. The molecule has 0 radical (unpaired) electrons. The number of carbonyl (C=O) groups excluding carboxylic acids is 2. The fraction of sp³-hybridized carbons (Fsp3) is 0.265. The highest BCUT2D eigenvalue weighted by Gasteiger charge is 2.35. The molecule has 0 spiro atoms. The summed E-state index contributed by atoms with van der Waals surface area (Å²) in [4.78, 5) is 41.5.